The molecule has 0 aliphatic heterocycles. The third-order valence-electron chi connectivity index (χ3n) is 4.61. The monoisotopic (exact) mass is 413 g/mol. The van der Waals surface area contributed by atoms with Gasteiger partial charge in [-0.15, -0.1) is 11.3 Å². The highest BCUT2D eigenvalue weighted by molar-refractivity contribution is 7.18. The Labute approximate surface area is 170 Å². The fourth-order valence-electron chi connectivity index (χ4n) is 2.70. The molecule has 0 saturated heterocycles. The van der Waals surface area contributed by atoms with Gasteiger partial charge in [-0.05, 0) is 32.0 Å². The maximum absolute atomic E-state index is 12.5. The summed E-state index contributed by atoms with van der Waals surface area (Å²) in [5.74, 6) is -1.19. The number of esters is 1. The maximum atomic E-state index is 12.5. The number of hydrogen-bond donors (Lipinski definition) is 0. The van der Waals surface area contributed by atoms with Gasteiger partial charge in [-0.2, -0.15) is 0 Å². The zero-order valence-corrected chi connectivity index (χ0v) is 16.9. The van der Waals surface area contributed by atoms with Gasteiger partial charge >= 0.3 is 5.97 Å². The zero-order valence-electron chi connectivity index (χ0n) is 16.1. The Kier molecular flexibility index (Phi) is 5.88. The number of fused-ring (bicyclic) bond motifs is 1. The van der Waals surface area contributed by atoms with E-state index in [4.69, 9.17) is 4.74 Å². The standard InChI is InChI=1S/C20H19N3O5S/c1-12-8-9-14(10-16(12)23(26)27)20(25)28-11-18(24)22(3)13(2)19-21-15-6-4-5-7-17(15)29-19/h4-10,13H,11H2,1-3H3/t13-/m0/s1. The number of nitrogens with zero attached hydrogens (tertiary/aromatic N) is 3. The third-order valence-corrected chi connectivity index (χ3v) is 5.82. The van der Waals surface area contributed by atoms with Crippen LogP contribution >= 0.6 is 11.3 Å². The largest absolute Gasteiger partial charge is 0.452 e. The number of aromatic nitrogens is 1. The summed E-state index contributed by atoms with van der Waals surface area (Å²) in [6, 6.07) is 11.5. The van der Waals surface area contributed by atoms with E-state index in [2.05, 4.69) is 4.98 Å². The van der Waals surface area contributed by atoms with Crippen molar-refractivity contribution < 1.29 is 19.2 Å². The Balaban J connectivity index is 1.64. The Bertz CT molecular complexity index is 1060. The van der Waals surface area contributed by atoms with Gasteiger partial charge in [0, 0.05) is 18.7 Å². The van der Waals surface area contributed by atoms with Gasteiger partial charge in [-0.3, -0.25) is 14.9 Å². The smallest absolute Gasteiger partial charge is 0.338 e. The van der Waals surface area contributed by atoms with E-state index < -0.39 is 23.4 Å². The second-order valence-electron chi connectivity index (χ2n) is 6.53. The van der Waals surface area contributed by atoms with E-state index in [9.17, 15) is 19.7 Å². The fraction of sp³-hybridized carbons (Fsp3) is 0.250. The van der Waals surface area contributed by atoms with Crippen LogP contribution in [0.2, 0.25) is 0 Å². The van der Waals surface area contributed by atoms with Crippen LogP contribution in [0.3, 0.4) is 0 Å². The number of carbonyl (C=O) groups excluding carboxylic acids is 2. The van der Waals surface area contributed by atoms with Gasteiger partial charge in [0.1, 0.15) is 5.01 Å². The molecule has 0 aliphatic carbocycles. The molecule has 3 rings (SSSR count). The normalized spacial score (nSPS) is 11.8. The number of nitro groups is 1. The topological polar surface area (TPSA) is 103 Å². The Morgan fingerprint density at radius 1 is 1.28 bits per heavy atom. The summed E-state index contributed by atoms with van der Waals surface area (Å²) >= 11 is 1.50. The predicted octanol–water partition coefficient (Wildman–Crippen LogP) is 3.89. The first-order valence-electron chi connectivity index (χ1n) is 8.81. The first kappa shape index (κ1) is 20.4. The zero-order chi connectivity index (χ0) is 21.1. The summed E-state index contributed by atoms with van der Waals surface area (Å²) in [6.45, 7) is 2.96. The lowest BCUT2D eigenvalue weighted by Gasteiger charge is -2.23. The molecule has 1 atom stereocenters. The molecule has 0 unspecified atom stereocenters. The molecule has 0 radical (unpaired) electrons. The van der Waals surface area contributed by atoms with Crippen LogP contribution in [0.1, 0.15) is 33.9 Å². The number of rotatable bonds is 6. The van der Waals surface area contributed by atoms with E-state index in [0.29, 0.717) is 5.56 Å². The van der Waals surface area contributed by atoms with Gasteiger partial charge in [0.05, 0.1) is 26.7 Å². The van der Waals surface area contributed by atoms with E-state index >= 15 is 0 Å². The molecule has 0 N–H and O–H groups in total. The Morgan fingerprint density at radius 2 is 2.00 bits per heavy atom. The minimum Gasteiger partial charge on any atom is -0.452 e. The highest BCUT2D eigenvalue weighted by Crippen LogP contribution is 2.28. The first-order chi connectivity index (χ1) is 13.8. The summed E-state index contributed by atoms with van der Waals surface area (Å²) in [5.41, 5.74) is 1.16. The van der Waals surface area contributed by atoms with Gasteiger partial charge < -0.3 is 9.64 Å². The molecule has 0 fully saturated rings. The number of likely N-dealkylation sites (N-methyl/N-ethyl adjacent to an activating group) is 1. The van der Waals surface area contributed by atoms with Crippen molar-refractivity contribution in [3.05, 3.63) is 68.7 Å². The molecule has 1 amide bonds. The van der Waals surface area contributed by atoms with Crippen LogP contribution in [0.4, 0.5) is 5.69 Å². The van der Waals surface area contributed by atoms with Crippen LogP contribution in [0.5, 0.6) is 0 Å². The number of aryl methyl sites for hydroxylation is 1. The molecule has 150 valence electrons. The van der Waals surface area contributed by atoms with Gasteiger partial charge in [-0.1, -0.05) is 18.2 Å². The van der Waals surface area contributed by atoms with E-state index in [1.54, 1.807) is 14.0 Å². The second-order valence-corrected chi connectivity index (χ2v) is 7.60. The van der Waals surface area contributed by atoms with Crippen molar-refractivity contribution in [1.29, 1.82) is 0 Å². The number of thiazole rings is 1. The van der Waals surface area contributed by atoms with Crippen LogP contribution in [-0.2, 0) is 9.53 Å². The van der Waals surface area contributed by atoms with E-state index in [0.717, 1.165) is 21.3 Å². The predicted molar refractivity (Wildman–Crippen MR) is 109 cm³/mol. The van der Waals surface area contributed by atoms with E-state index in [-0.39, 0.29) is 17.3 Å². The van der Waals surface area contributed by atoms with Crippen molar-refractivity contribution in [3.63, 3.8) is 0 Å². The average Bonchev–Trinajstić information content (AvgIpc) is 3.15. The summed E-state index contributed by atoms with van der Waals surface area (Å²) < 4.78 is 6.09. The third kappa shape index (κ3) is 4.40. The highest BCUT2D eigenvalue weighted by atomic mass is 32.1. The molecule has 3 aromatic rings. The van der Waals surface area contributed by atoms with Crippen molar-refractivity contribution in [3.8, 4) is 0 Å². The molecule has 8 nitrogen and oxygen atoms in total. The van der Waals surface area contributed by atoms with E-state index in [1.807, 2.05) is 31.2 Å². The van der Waals surface area contributed by atoms with Gasteiger partial charge in [0.25, 0.3) is 11.6 Å². The van der Waals surface area contributed by atoms with Crippen molar-refractivity contribution in [1.82, 2.24) is 9.88 Å². The number of nitro benzene ring substituents is 1. The number of para-hydroxylation sites is 1. The molecule has 0 saturated carbocycles. The SMILES string of the molecule is Cc1ccc(C(=O)OCC(=O)N(C)[C@@H](C)c2nc3ccccc3s2)cc1[N+](=O)[O-]. The second kappa shape index (κ2) is 8.36. The Morgan fingerprint density at radius 3 is 2.69 bits per heavy atom. The highest BCUT2D eigenvalue weighted by Gasteiger charge is 2.23. The minimum absolute atomic E-state index is 0.0250. The van der Waals surface area contributed by atoms with Crippen molar-refractivity contribution >= 4 is 39.1 Å². The van der Waals surface area contributed by atoms with Crippen molar-refractivity contribution in [2.24, 2.45) is 0 Å². The summed E-state index contributed by atoms with van der Waals surface area (Å²) in [5, 5.41) is 11.8. The number of amides is 1. The van der Waals surface area contributed by atoms with Crippen LogP contribution in [0.15, 0.2) is 42.5 Å². The summed E-state index contributed by atoms with van der Waals surface area (Å²) in [7, 11) is 1.61. The lowest BCUT2D eigenvalue weighted by Crippen LogP contribution is -2.33. The molecule has 0 bridgehead atoms. The molecule has 2 aromatic carbocycles. The Hall–Kier alpha value is -3.33. The van der Waals surface area contributed by atoms with Crippen LogP contribution in [0, 0.1) is 17.0 Å². The van der Waals surface area contributed by atoms with Crippen LogP contribution in [0.25, 0.3) is 10.2 Å². The molecule has 0 aliphatic rings. The van der Waals surface area contributed by atoms with Crippen LogP contribution in [-0.4, -0.2) is 40.3 Å². The number of hydrogen-bond acceptors (Lipinski definition) is 7. The number of ether oxygens (including phenoxy) is 1. The average molecular weight is 413 g/mol. The van der Waals surface area contributed by atoms with E-state index in [1.165, 1.54) is 28.4 Å². The summed E-state index contributed by atoms with van der Waals surface area (Å²) in [6.07, 6.45) is 0. The molecule has 1 heterocycles. The lowest BCUT2D eigenvalue weighted by atomic mass is 10.1. The minimum atomic E-state index is -0.789. The molecule has 0 spiro atoms. The maximum Gasteiger partial charge on any atom is 0.338 e. The first-order valence-corrected chi connectivity index (χ1v) is 9.63. The van der Waals surface area contributed by atoms with Crippen molar-refractivity contribution in [2.45, 2.75) is 19.9 Å². The number of carbonyl (C=O) groups is 2. The van der Waals surface area contributed by atoms with Gasteiger partial charge in [0.2, 0.25) is 0 Å². The molecular formula is C20H19N3O5S. The molecule has 1 aromatic heterocycles. The summed E-state index contributed by atoms with van der Waals surface area (Å²) in [4.78, 5) is 41.1. The quantitative estimate of drug-likeness (QED) is 0.345. The van der Waals surface area contributed by atoms with Crippen molar-refractivity contribution in [2.75, 3.05) is 13.7 Å². The molecule has 29 heavy (non-hydrogen) atoms. The fourth-order valence-corrected chi connectivity index (χ4v) is 3.76. The van der Waals surface area contributed by atoms with Gasteiger partial charge in [-0.25, -0.2) is 9.78 Å². The molecular weight excluding hydrogens is 394 g/mol. The van der Waals surface area contributed by atoms with Crippen LogP contribution < -0.4 is 0 Å². The lowest BCUT2D eigenvalue weighted by molar-refractivity contribution is -0.385. The number of benzene rings is 2. The van der Waals surface area contributed by atoms with Gasteiger partial charge in [0.15, 0.2) is 6.61 Å². The molecule has 9 heteroatoms.